The van der Waals surface area contributed by atoms with Crippen LogP contribution in [0.1, 0.15) is 56.5 Å². The highest BCUT2D eigenvalue weighted by Crippen LogP contribution is 2.27. The molecule has 8 nitrogen and oxygen atoms in total. The lowest BCUT2D eigenvalue weighted by atomic mass is 9.91. The number of nitrogens with one attached hydrogen (secondary N) is 3. The van der Waals surface area contributed by atoms with E-state index in [1.807, 2.05) is 6.07 Å². The van der Waals surface area contributed by atoms with E-state index in [4.69, 9.17) is 9.72 Å². The van der Waals surface area contributed by atoms with Crippen molar-refractivity contribution in [3.05, 3.63) is 41.4 Å². The fraction of sp³-hybridized carbons (Fsp3) is 0.538. The van der Waals surface area contributed by atoms with E-state index in [0.29, 0.717) is 25.6 Å². The Balaban J connectivity index is 1.78. The molecule has 2 heterocycles. The van der Waals surface area contributed by atoms with E-state index in [2.05, 4.69) is 48.5 Å². The number of hydrogen-bond donors (Lipinski definition) is 3. The maximum Gasteiger partial charge on any atom is 0.243 e. The van der Waals surface area contributed by atoms with E-state index in [-0.39, 0.29) is 42.6 Å². The van der Waals surface area contributed by atoms with Gasteiger partial charge in [0.15, 0.2) is 0 Å². The lowest BCUT2D eigenvalue weighted by Gasteiger charge is -2.32. The van der Waals surface area contributed by atoms with Crippen molar-refractivity contribution in [3.63, 3.8) is 0 Å². The second-order valence-corrected chi connectivity index (χ2v) is 10.3. The summed E-state index contributed by atoms with van der Waals surface area (Å²) in [5.41, 5.74) is 2.13. The molecule has 3 rings (SSSR count). The molecule has 35 heavy (non-hydrogen) atoms. The van der Waals surface area contributed by atoms with Crippen LogP contribution in [0.4, 0.5) is 0 Å². The molecule has 1 aliphatic rings. The molecule has 2 aromatic rings. The standard InChI is InChI=1S/C26H36N4O4S/c1-5-23(31)27-15-21(17-9-11-34-12-10-17)30-26(33)20(28-24(32)6-2)14-25-29-19-8-7-18(16(3)4)13-22(19)35-25/h5,7-8,13,16-17,20-21H,1,6,9-12,14-15H2,2-4H3,(H,27,31)(H,28,32)(H,30,33)/t20-,21+/m0/s1. The van der Waals surface area contributed by atoms with Gasteiger partial charge in [-0.25, -0.2) is 4.98 Å². The molecule has 9 heteroatoms. The number of aromatic nitrogens is 1. The first-order valence-electron chi connectivity index (χ1n) is 12.3. The zero-order valence-electron chi connectivity index (χ0n) is 20.8. The fourth-order valence-electron chi connectivity index (χ4n) is 4.14. The van der Waals surface area contributed by atoms with Gasteiger partial charge < -0.3 is 20.7 Å². The van der Waals surface area contributed by atoms with Crippen LogP contribution in [0.25, 0.3) is 10.2 Å². The van der Waals surface area contributed by atoms with E-state index in [9.17, 15) is 14.4 Å². The molecule has 1 aliphatic heterocycles. The number of carbonyl (C=O) groups is 3. The number of fused-ring (bicyclic) bond motifs is 1. The highest BCUT2D eigenvalue weighted by atomic mass is 32.1. The van der Waals surface area contributed by atoms with Crippen molar-refractivity contribution in [2.45, 2.75) is 64.5 Å². The third-order valence-corrected chi connectivity index (χ3v) is 7.36. The molecule has 0 radical (unpaired) electrons. The highest BCUT2D eigenvalue weighted by Gasteiger charge is 2.30. The summed E-state index contributed by atoms with van der Waals surface area (Å²) in [4.78, 5) is 42.1. The summed E-state index contributed by atoms with van der Waals surface area (Å²) in [7, 11) is 0. The molecule has 0 spiro atoms. The van der Waals surface area contributed by atoms with E-state index in [1.54, 1.807) is 18.3 Å². The second kappa shape index (κ2) is 12.8. The van der Waals surface area contributed by atoms with Gasteiger partial charge in [-0.15, -0.1) is 11.3 Å². The van der Waals surface area contributed by atoms with E-state index in [0.717, 1.165) is 28.1 Å². The van der Waals surface area contributed by atoms with Gasteiger partial charge in [0.25, 0.3) is 0 Å². The summed E-state index contributed by atoms with van der Waals surface area (Å²) >= 11 is 1.55. The number of thiazole rings is 1. The zero-order valence-corrected chi connectivity index (χ0v) is 21.6. The van der Waals surface area contributed by atoms with Crippen LogP contribution in [0, 0.1) is 5.92 Å². The van der Waals surface area contributed by atoms with Gasteiger partial charge >= 0.3 is 0 Å². The Hall–Kier alpha value is -2.78. The molecule has 3 N–H and O–H groups in total. The first-order chi connectivity index (χ1) is 16.8. The normalized spacial score (nSPS) is 16.0. The average Bonchev–Trinajstić information content (AvgIpc) is 3.27. The van der Waals surface area contributed by atoms with Crippen LogP contribution >= 0.6 is 11.3 Å². The van der Waals surface area contributed by atoms with Crippen molar-refractivity contribution < 1.29 is 19.1 Å². The van der Waals surface area contributed by atoms with Crippen LogP contribution in [0.3, 0.4) is 0 Å². The Morgan fingerprint density at radius 2 is 1.97 bits per heavy atom. The van der Waals surface area contributed by atoms with Crippen molar-refractivity contribution in [3.8, 4) is 0 Å². The molecule has 0 bridgehead atoms. The van der Waals surface area contributed by atoms with E-state index >= 15 is 0 Å². The SMILES string of the molecule is C=CC(=O)NC[C@@H](NC(=O)[C@H](Cc1nc2ccc(C(C)C)cc2s1)NC(=O)CC)C1CCOCC1. The number of carbonyl (C=O) groups excluding carboxylic acids is 3. The number of ether oxygens (including phenoxy) is 1. The van der Waals surface area contributed by atoms with Gasteiger partial charge in [-0.05, 0) is 48.4 Å². The third kappa shape index (κ3) is 7.60. The molecule has 2 atom stereocenters. The molecule has 3 amide bonds. The van der Waals surface area contributed by atoms with Crippen molar-refractivity contribution in [2.75, 3.05) is 19.8 Å². The summed E-state index contributed by atoms with van der Waals surface area (Å²) in [5.74, 6) is -0.190. The smallest absolute Gasteiger partial charge is 0.243 e. The molecular weight excluding hydrogens is 464 g/mol. The number of hydrogen-bond acceptors (Lipinski definition) is 6. The van der Waals surface area contributed by atoms with Crippen LogP contribution in [0.5, 0.6) is 0 Å². The van der Waals surface area contributed by atoms with Crippen LogP contribution in [-0.4, -0.2) is 54.5 Å². The molecule has 1 aromatic carbocycles. The van der Waals surface area contributed by atoms with Crippen molar-refractivity contribution in [2.24, 2.45) is 5.92 Å². The van der Waals surface area contributed by atoms with Gasteiger partial charge in [-0.2, -0.15) is 0 Å². The Kier molecular flexibility index (Phi) is 9.80. The Morgan fingerprint density at radius 3 is 2.63 bits per heavy atom. The summed E-state index contributed by atoms with van der Waals surface area (Å²) in [6, 6.07) is 5.19. The van der Waals surface area contributed by atoms with Crippen LogP contribution in [0.2, 0.25) is 0 Å². The predicted octanol–water partition coefficient (Wildman–Crippen LogP) is 3.07. The van der Waals surface area contributed by atoms with Gasteiger partial charge in [-0.3, -0.25) is 14.4 Å². The Bertz CT molecular complexity index is 1050. The number of rotatable bonds is 11. The minimum Gasteiger partial charge on any atom is -0.381 e. The molecule has 1 aromatic heterocycles. The molecule has 0 unspecified atom stereocenters. The largest absolute Gasteiger partial charge is 0.381 e. The van der Waals surface area contributed by atoms with Gasteiger partial charge in [0.1, 0.15) is 6.04 Å². The average molecular weight is 501 g/mol. The summed E-state index contributed by atoms with van der Waals surface area (Å²) < 4.78 is 6.54. The highest BCUT2D eigenvalue weighted by molar-refractivity contribution is 7.18. The van der Waals surface area contributed by atoms with Crippen molar-refractivity contribution in [1.82, 2.24) is 20.9 Å². The molecule has 0 aliphatic carbocycles. The van der Waals surface area contributed by atoms with Gasteiger partial charge in [0.2, 0.25) is 17.7 Å². The molecule has 1 saturated heterocycles. The van der Waals surface area contributed by atoms with E-state index in [1.165, 1.54) is 11.6 Å². The molecular formula is C26H36N4O4S. The lowest BCUT2D eigenvalue weighted by molar-refractivity contribution is -0.129. The Labute approximate surface area is 210 Å². The molecule has 0 saturated carbocycles. The number of nitrogens with zero attached hydrogens (tertiary/aromatic N) is 1. The summed E-state index contributed by atoms with van der Waals surface area (Å²) in [5, 5.41) is 9.54. The zero-order chi connectivity index (χ0) is 25.4. The molecule has 1 fully saturated rings. The van der Waals surface area contributed by atoms with Crippen molar-refractivity contribution >= 4 is 39.3 Å². The minimum atomic E-state index is -0.759. The minimum absolute atomic E-state index is 0.164. The van der Waals surface area contributed by atoms with E-state index < -0.39 is 6.04 Å². The van der Waals surface area contributed by atoms with Crippen LogP contribution in [-0.2, 0) is 25.5 Å². The molecule has 190 valence electrons. The number of benzene rings is 1. The van der Waals surface area contributed by atoms with Crippen molar-refractivity contribution in [1.29, 1.82) is 0 Å². The topological polar surface area (TPSA) is 109 Å². The maximum atomic E-state index is 13.4. The first kappa shape index (κ1) is 26.8. The van der Waals surface area contributed by atoms with Crippen LogP contribution < -0.4 is 16.0 Å². The fourth-order valence-corrected chi connectivity index (χ4v) is 5.20. The number of amides is 3. The van der Waals surface area contributed by atoms with Gasteiger partial charge in [-0.1, -0.05) is 33.4 Å². The monoisotopic (exact) mass is 500 g/mol. The lowest BCUT2D eigenvalue weighted by Crippen LogP contribution is -2.55. The maximum absolute atomic E-state index is 13.4. The summed E-state index contributed by atoms with van der Waals surface area (Å²) in [6.07, 6.45) is 3.37. The first-order valence-corrected chi connectivity index (χ1v) is 13.1. The Morgan fingerprint density at radius 1 is 1.23 bits per heavy atom. The second-order valence-electron chi connectivity index (χ2n) is 9.18. The van der Waals surface area contributed by atoms with Crippen LogP contribution in [0.15, 0.2) is 30.9 Å². The van der Waals surface area contributed by atoms with Gasteiger partial charge in [0.05, 0.1) is 15.2 Å². The quantitative estimate of drug-likeness (QED) is 0.411. The predicted molar refractivity (Wildman–Crippen MR) is 138 cm³/mol. The third-order valence-electron chi connectivity index (χ3n) is 6.32. The van der Waals surface area contributed by atoms with Gasteiger partial charge in [0, 0.05) is 38.6 Å². The summed E-state index contributed by atoms with van der Waals surface area (Å²) in [6.45, 7) is 11.1.